The van der Waals surface area contributed by atoms with E-state index >= 15 is 0 Å². The van der Waals surface area contributed by atoms with Crippen LogP contribution in [-0.4, -0.2) is 31.7 Å². The molecule has 0 aromatic heterocycles. The highest BCUT2D eigenvalue weighted by atomic mass is 35.5. The lowest BCUT2D eigenvalue weighted by atomic mass is 9.96. The molecule has 1 saturated carbocycles. The monoisotopic (exact) mass is 432 g/mol. The molecule has 1 aliphatic rings. The van der Waals surface area contributed by atoms with E-state index in [1.807, 2.05) is 18.2 Å². The minimum Gasteiger partial charge on any atom is -0.323 e. The summed E-state index contributed by atoms with van der Waals surface area (Å²) in [5.74, 6) is -0.320. The fraction of sp³-hybridized carbons (Fsp3) is 0.318. The second-order valence-corrected chi connectivity index (χ2v) is 9.59. The number of halogens is 1. The summed E-state index contributed by atoms with van der Waals surface area (Å²) in [7, 11) is -1.89. The van der Waals surface area contributed by atoms with Gasteiger partial charge in [-0.3, -0.25) is 4.79 Å². The molecule has 0 radical (unpaired) electrons. The zero-order valence-electron chi connectivity index (χ0n) is 16.3. The molecule has 0 unspecified atom stereocenters. The van der Waals surface area contributed by atoms with Crippen molar-refractivity contribution < 1.29 is 13.2 Å². The van der Waals surface area contributed by atoms with Crippen molar-refractivity contribution in [2.24, 2.45) is 0 Å². The zero-order valence-corrected chi connectivity index (χ0v) is 17.9. The smallest absolute Gasteiger partial charge is 0.248 e. The van der Waals surface area contributed by atoms with E-state index in [1.165, 1.54) is 28.9 Å². The Hall–Kier alpha value is -2.15. The van der Waals surface area contributed by atoms with E-state index < -0.39 is 10.0 Å². The Morgan fingerprint density at radius 2 is 1.72 bits per heavy atom. The Balaban J connectivity index is 1.65. The number of nitrogens with zero attached hydrogens (tertiary/aromatic N) is 1. The number of sulfonamides is 1. The van der Waals surface area contributed by atoms with Crippen molar-refractivity contribution >= 4 is 39.3 Å². The Bertz CT molecular complexity index is 981. The fourth-order valence-electron chi connectivity index (χ4n) is 3.48. The SMILES string of the molecule is CN(C1CCCCC1)S(=O)(=O)c1ccc(NC(=O)/C=C/c2ccccc2Cl)cc1. The lowest BCUT2D eigenvalue weighted by Gasteiger charge is -2.30. The molecule has 154 valence electrons. The molecule has 0 spiro atoms. The summed E-state index contributed by atoms with van der Waals surface area (Å²) in [5.41, 5.74) is 1.27. The first kappa shape index (κ1) is 21.6. The molecule has 0 atom stereocenters. The molecular formula is C22H25ClN2O3S. The quantitative estimate of drug-likeness (QED) is 0.657. The number of rotatable bonds is 6. The van der Waals surface area contributed by atoms with Gasteiger partial charge >= 0.3 is 0 Å². The molecule has 7 heteroatoms. The largest absolute Gasteiger partial charge is 0.323 e. The molecule has 3 rings (SSSR count). The van der Waals surface area contributed by atoms with Crippen molar-refractivity contribution in [2.75, 3.05) is 12.4 Å². The summed E-state index contributed by atoms with van der Waals surface area (Å²) >= 11 is 6.07. The van der Waals surface area contributed by atoms with Gasteiger partial charge in [0.05, 0.1) is 4.90 Å². The maximum absolute atomic E-state index is 12.9. The maximum Gasteiger partial charge on any atom is 0.248 e. The van der Waals surface area contributed by atoms with Gasteiger partial charge in [-0.2, -0.15) is 4.31 Å². The van der Waals surface area contributed by atoms with Crippen LogP contribution in [-0.2, 0) is 14.8 Å². The van der Waals surface area contributed by atoms with Gasteiger partial charge in [-0.1, -0.05) is 49.1 Å². The summed E-state index contributed by atoms with van der Waals surface area (Å²) < 4.78 is 27.2. The van der Waals surface area contributed by atoms with Gasteiger partial charge in [0.2, 0.25) is 15.9 Å². The molecule has 0 heterocycles. The lowest BCUT2D eigenvalue weighted by Crippen LogP contribution is -2.38. The van der Waals surface area contributed by atoms with E-state index in [2.05, 4.69) is 5.32 Å². The Labute approximate surface area is 177 Å². The first-order valence-electron chi connectivity index (χ1n) is 9.69. The third kappa shape index (κ3) is 5.47. The van der Waals surface area contributed by atoms with Crippen molar-refractivity contribution in [3.63, 3.8) is 0 Å². The average Bonchev–Trinajstić information content (AvgIpc) is 2.73. The molecule has 5 nitrogen and oxygen atoms in total. The number of amides is 1. The molecule has 0 saturated heterocycles. The maximum atomic E-state index is 12.9. The van der Waals surface area contributed by atoms with Gasteiger partial charge in [0, 0.05) is 29.9 Å². The van der Waals surface area contributed by atoms with Crippen LogP contribution in [0.5, 0.6) is 0 Å². The van der Waals surface area contributed by atoms with Crippen LogP contribution in [0.3, 0.4) is 0 Å². The van der Waals surface area contributed by atoms with Gasteiger partial charge in [-0.25, -0.2) is 8.42 Å². The normalized spacial score (nSPS) is 15.7. The van der Waals surface area contributed by atoms with Gasteiger partial charge in [0.15, 0.2) is 0 Å². The van der Waals surface area contributed by atoms with Crippen molar-refractivity contribution in [2.45, 2.75) is 43.0 Å². The highest BCUT2D eigenvalue weighted by Crippen LogP contribution is 2.27. The van der Waals surface area contributed by atoms with E-state index in [9.17, 15) is 13.2 Å². The topological polar surface area (TPSA) is 66.5 Å². The zero-order chi connectivity index (χ0) is 20.9. The van der Waals surface area contributed by atoms with Crippen LogP contribution >= 0.6 is 11.6 Å². The number of hydrogen-bond donors (Lipinski definition) is 1. The van der Waals surface area contributed by atoms with Crippen LogP contribution in [0.25, 0.3) is 6.08 Å². The molecule has 2 aromatic rings. The molecule has 0 aliphatic heterocycles. The van der Waals surface area contributed by atoms with E-state index in [4.69, 9.17) is 11.6 Å². The second-order valence-electron chi connectivity index (χ2n) is 7.18. The first-order chi connectivity index (χ1) is 13.9. The van der Waals surface area contributed by atoms with Crippen LogP contribution in [0.1, 0.15) is 37.7 Å². The minimum absolute atomic E-state index is 0.0584. The summed E-state index contributed by atoms with van der Waals surface area (Å²) in [6, 6.07) is 13.5. The van der Waals surface area contributed by atoms with E-state index in [0.717, 1.165) is 31.2 Å². The summed E-state index contributed by atoms with van der Waals surface area (Å²) in [4.78, 5) is 12.4. The highest BCUT2D eigenvalue weighted by molar-refractivity contribution is 7.89. The van der Waals surface area contributed by atoms with Crippen LogP contribution in [0.2, 0.25) is 5.02 Å². The number of carbonyl (C=O) groups excluding carboxylic acids is 1. The van der Waals surface area contributed by atoms with Crippen molar-refractivity contribution in [3.05, 3.63) is 65.2 Å². The minimum atomic E-state index is -3.54. The van der Waals surface area contributed by atoms with Crippen molar-refractivity contribution in [3.8, 4) is 0 Å². The molecule has 29 heavy (non-hydrogen) atoms. The van der Waals surface area contributed by atoms with E-state index in [-0.39, 0.29) is 16.8 Å². The molecule has 1 aliphatic carbocycles. The number of hydrogen-bond acceptors (Lipinski definition) is 3. The molecule has 0 bridgehead atoms. The third-order valence-electron chi connectivity index (χ3n) is 5.21. The van der Waals surface area contributed by atoms with Crippen LogP contribution < -0.4 is 5.32 Å². The molecule has 1 amide bonds. The second kappa shape index (κ2) is 9.57. The predicted octanol–water partition coefficient (Wildman–Crippen LogP) is 4.95. The number of carbonyl (C=O) groups is 1. The third-order valence-corrected chi connectivity index (χ3v) is 7.48. The van der Waals surface area contributed by atoms with Crippen LogP contribution in [0, 0.1) is 0 Å². The van der Waals surface area contributed by atoms with E-state index in [1.54, 1.807) is 31.3 Å². The van der Waals surface area contributed by atoms with Crippen molar-refractivity contribution in [1.29, 1.82) is 0 Å². The summed E-state index contributed by atoms with van der Waals surface area (Å²) in [5, 5.41) is 3.29. The van der Waals surface area contributed by atoms with Gasteiger partial charge in [-0.05, 0) is 54.8 Å². The van der Waals surface area contributed by atoms with Gasteiger partial charge in [0.1, 0.15) is 0 Å². The fourth-order valence-corrected chi connectivity index (χ4v) is 5.09. The summed E-state index contributed by atoms with van der Waals surface area (Å²) in [6.45, 7) is 0. The number of nitrogens with one attached hydrogen (secondary N) is 1. The van der Waals surface area contributed by atoms with Crippen LogP contribution in [0.4, 0.5) is 5.69 Å². The standard InChI is InChI=1S/C22H25ClN2O3S/c1-25(19-8-3-2-4-9-19)29(27,28)20-14-12-18(13-15-20)24-22(26)16-11-17-7-5-6-10-21(17)23/h5-7,10-16,19H,2-4,8-9H2,1H3,(H,24,26)/b16-11+. The predicted molar refractivity (Wildman–Crippen MR) is 117 cm³/mol. The van der Waals surface area contributed by atoms with Gasteiger partial charge < -0.3 is 5.32 Å². The van der Waals surface area contributed by atoms with Gasteiger partial charge in [-0.15, -0.1) is 0 Å². The first-order valence-corrected chi connectivity index (χ1v) is 11.5. The molecule has 2 aromatic carbocycles. The highest BCUT2D eigenvalue weighted by Gasteiger charge is 2.28. The Morgan fingerprint density at radius 1 is 1.07 bits per heavy atom. The van der Waals surface area contributed by atoms with Crippen LogP contribution in [0.15, 0.2) is 59.5 Å². The Morgan fingerprint density at radius 3 is 2.38 bits per heavy atom. The van der Waals surface area contributed by atoms with Gasteiger partial charge in [0.25, 0.3) is 0 Å². The number of anilines is 1. The molecular weight excluding hydrogens is 408 g/mol. The molecule has 1 N–H and O–H groups in total. The Kier molecular flexibility index (Phi) is 7.11. The molecule has 1 fully saturated rings. The average molecular weight is 433 g/mol. The van der Waals surface area contributed by atoms with E-state index in [0.29, 0.717) is 10.7 Å². The lowest BCUT2D eigenvalue weighted by molar-refractivity contribution is -0.111. The van der Waals surface area contributed by atoms with Crippen molar-refractivity contribution in [1.82, 2.24) is 4.31 Å². The summed E-state index contributed by atoms with van der Waals surface area (Å²) in [6.07, 6.45) is 8.14. The number of benzene rings is 2.